The number of nitrogens with one attached hydrogen (secondary N) is 2. The maximum atomic E-state index is 11.3. The number of likely N-dealkylation sites (tertiary alicyclic amines) is 1. The highest BCUT2D eigenvalue weighted by molar-refractivity contribution is 6.33. The molecule has 0 saturated carbocycles. The number of carbonyl (C=O) groups is 1. The van der Waals surface area contributed by atoms with Crippen LogP contribution < -0.4 is 15.4 Å². The number of carbonyl (C=O) groups excluding carboxylic acids is 1. The largest absolute Gasteiger partial charge is 0.482 e. The van der Waals surface area contributed by atoms with Gasteiger partial charge in [0.05, 0.1) is 16.4 Å². The zero-order chi connectivity index (χ0) is 14.1. The van der Waals surface area contributed by atoms with E-state index < -0.39 is 0 Å². The Morgan fingerprint density at radius 1 is 1.50 bits per heavy atom. The molecule has 1 unspecified atom stereocenters. The summed E-state index contributed by atoms with van der Waals surface area (Å²) in [6.07, 6.45) is 2.32. The molecule has 1 aromatic rings. The van der Waals surface area contributed by atoms with Gasteiger partial charge in [0.25, 0.3) is 5.91 Å². The number of ether oxygens (including phenoxy) is 1. The fraction of sp³-hybridized carbons (Fsp3) is 0.500. The molecule has 0 spiro atoms. The number of hydrogen-bond acceptors (Lipinski definition) is 4. The predicted molar refractivity (Wildman–Crippen MR) is 79.7 cm³/mol. The van der Waals surface area contributed by atoms with Crippen molar-refractivity contribution in [3.05, 3.63) is 17.2 Å². The zero-order valence-electron chi connectivity index (χ0n) is 11.4. The third-order valence-electron chi connectivity index (χ3n) is 3.69. The minimum Gasteiger partial charge on any atom is -0.482 e. The second kappa shape index (κ2) is 5.50. The number of likely N-dealkylation sites (N-methyl/N-ethyl adjacent to an activating group) is 1. The fourth-order valence-electron chi connectivity index (χ4n) is 2.71. The molecule has 2 aliphatic rings. The molecule has 2 heterocycles. The minimum atomic E-state index is -0.150. The molecule has 6 heteroatoms. The highest BCUT2D eigenvalue weighted by atomic mass is 35.5. The molecule has 1 aromatic carbocycles. The molecule has 2 N–H and O–H groups in total. The minimum absolute atomic E-state index is 0.0558. The molecular weight excluding hydrogens is 278 g/mol. The zero-order valence-corrected chi connectivity index (χ0v) is 12.2. The summed E-state index contributed by atoms with van der Waals surface area (Å²) in [5.74, 6) is 0.517. The summed E-state index contributed by atoms with van der Waals surface area (Å²) in [5.41, 5.74) is 1.50. The lowest BCUT2D eigenvalue weighted by Crippen LogP contribution is -2.39. The number of rotatable bonds is 2. The predicted octanol–water partition coefficient (Wildman–Crippen LogP) is 2.18. The molecule has 0 radical (unpaired) electrons. The maximum absolute atomic E-state index is 11.3. The molecule has 2 aliphatic heterocycles. The Morgan fingerprint density at radius 3 is 3.15 bits per heavy atom. The van der Waals surface area contributed by atoms with Crippen LogP contribution in [0.25, 0.3) is 0 Å². The van der Waals surface area contributed by atoms with Crippen molar-refractivity contribution >= 4 is 28.9 Å². The molecule has 0 aromatic heterocycles. The summed E-state index contributed by atoms with van der Waals surface area (Å²) in [6, 6.07) is 4.00. The number of amides is 1. The van der Waals surface area contributed by atoms with E-state index >= 15 is 0 Å². The van der Waals surface area contributed by atoms with Crippen molar-refractivity contribution in [1.82, 2.24) is 4.90 Å². The van der Waals surface area contributed by atoms with Gasteiger partial charge in [-0.25, -0.2) is 0 Å². The van der Waals surface area contributed by atoms with Gasteiger partial charge in [-0.2, -0.15) is 0 Å². The lowest BCUT2D eigenvalue weighted by molar-refractivity contribution is -0.118. The highest BCUT2D eigenvalue weighted by Crippen LogP contribution is 2.36. The van der Waals surface area contributed by atoms with Crippen LogP contribution in [0.2, 0.25) is 5.02 Å². The van der Waals surface area contributed by atoms with Gasteiger partial charge in [0.1, 0.15) is 5.75 Å². The van der Waals surface area contributed by atoms with Crippen molar-refractivity contribution in [2.45, 2.75) is 18.9 Å². The normalized spacial score (nSPS) is 22.7. The van der Waals surface area contributed by atoms with E-state index in [2.05, 4.69) is 22.6 Å². The average molecular weight is 296 g/mol. The van der Waals surface area contributed by atoms with Crippen LogP contribution in [0.4, 0.5) is 11.4 Å². The molecule has 108 valence electrons. The first-order valence-corrected chi connectivity index (χ1v) is 7.21. The molecule has 1 fully saturated rings. The average Bonchev–Trinajstić information content (AvgIpc) is 2.40. The van der Waals surface area contributed by atoms with E-state index in [0.717, 1.165) is 25.2 Å². The topological polar surface area (TPSA) is 53.6 Å². The van der Waals surface area contributed by atoms with Crippen LogP contribution in [-0.4, -0.2) is 43.6 Å². The molecule has 5 nitrogen and oxygen atoms in total. The Balaban J connectivity index is 1.78. The molecule has 20 heavy (non-hydrogen) atoms. The monoisotopic (exact) mass is 295 g/mol. The van der Waals surface area contributed by atoms with Crippen LogP contribution in [0.15, 0.2) is 12.1 Å². The van der Waals surface area contributed by atoms with Crippen LogP contribution in [0.1, 0.15) is 12.8 Å². The first-order chi connectivity index (χ1) is 9.61. The second-order valence-electron chi connectivity index (χ2n) is 5.41. The van der Waals surface area contributed by atoms with Gasteiger partial charge >= 0.3 is 0 Å². The summed E-state index contributed by atoms with van der Waals surface area (Å²) < 4.78 is 5.42. The quantitative estimate of drug-likeness (QED) is 0.878. The first-order valence-electron chi connectivity index (χ1n) is 6.83. The second-order valence-corrected chi connectivity index (χ2v) is 5.82. The van der Waals surface area contributed by atoms with E-state index in [4.69, 9.17) is 16.3 Å². The van der Waals surface area contributed by atoms with Gasteiger partial charge in [-0.05, 0) is 32.5 Å². The summed E-state index contributed by atoms with van der Waals surface area (Å²) in [5, 5.41) is 6.83. The highest BCUT2D eigenvalue weighted by Gasteiger charge is 2.21. The van der Waals surface area contributed by atoms with Gasteiger partial charge in [-0.15, -0.1) is 0 Å². The molecule has 1 atom stereocenters. The van der Waals surface area contributed by atoms with E-state index in [-0.39, 0.29) is 12.5 Å². The summed E-state index contributed by atoms with van der Waals surface area (Å²) in [7, 11) is 2.13. The number of anilines is 2. The molecule has 1 amide bonds. The van der Waals surface area contributed by atoms with E-state index in [9.17, 15) is 4.79 Å². The Morgan fingerprint density at radius 2 is 2.35 bits per heavy atom. The Hall–Kier alpha value is -1.46. The van der Waals surface area contributed by atoms with Gasteiger partial charge in [-0.3, -0.25) is 4.79 Å². The summed E-state index contributed by atoms with van der Waals surface area (Å²) in [4.78, 5) is 13.6. The van der Waals surface area contributed by atoms with Crippen LogP contribution in [0.5, 0.6) is 5.75 Å². The smallest absolute Gasteiger partial charge is 0.262 e. The number of benzene rings is 1. The number of nitrogens with zero attached hydrogens (tertiary/aromatic N) is 1. The molecular formula is C14H18ClN3O2. The van der Waals surface area contributed by atoms with Crippen LogP contribution in [0.3, 0.4) is 0 Å². The number of halogens is 1. The summed E-state index contributed by atoms with van der Waals surface area (Å²) in [6.45, 7) is 2.20. The lowest BCUT2D eigenvalue weighted by atomic mass is 10.1. The number of fused-ring (bicyclic) bond motifs is 1. The van der Waals surface area contributed by atoms with Gasteiger partial charge in [0, 0.05) is 18.7 Å². The third-order valence-corrected chi connectivity index (χ3v) is 4.00. The standard InChI is InChI=1S/C14H18ClN3O2/c1-18-4-2-3-9(7-18)16-11-6-13-12(5-10(11)15)17-14(19)8-20-13/h5-6,9,16H,2-4,7-8H2,1H3,(H,17,19). The van der Waals surface area contributed by atoms with Crippen LogP contribution >= 0.6 is 11.6 Å². The van der Waals surface area contributed by atoms with E-state index in [0.29, 0.717) is 22.5 Å². The maximum Gasteiger partial charge on any atom is 0.262 e. The van der Waals surface area contributed by atoms with Crippen LogP contribution in [0, 0.1) is 0 Å². The number of piperidine rings is 1. The Labute approximate surface area is 123 Å². The van der Waals surface area contributed by atoms with Crippen LogP contribution in [-0.2, 0) is 4.79 Å². The molecule has 1 saturated heterocycles. The third kappa shape index (κ3) is 2.83. The van der Waals surface area contributed by atoms with Crippen molar-refractivity contribution < 1.29 is 9.53 Å². The van der Waals surface area contributed by atoms with E-state index in [1.807, 2.05) is 6.07 Å². The van der Waals surface area contributed by atoms with Gasteiger partial charge in [-0.1, -0.05) is 11.6 Å². The Bertz CT molecular complexity index is 535. The van der Waals surface area contributed by atoms with Gasteiger partial charge < -0.3 is 20.3 Å². The van der Waals surface area contributed by atoms with Gasteiger partial charge in [0.2, 0.25) is 0 Å². The van der Waals surface area contributed by atoms with E-state index in [1.165, 1.54) is 6.42 Å². The SMILES string of the molecule is CN1CCCC(Nc2cc3c(cc2Cl)NC(=O)CO3)C1. The number of hydrogen-bond donors (Lipinski definition) is 2. The fourth-order valence-corrected chi connectivity index (χ4v) is 2.93. The van der Waals surface area contributed by atoms with Crippen molar-refractivity contribution in [2.75, 3.05) is 37.4 Å². The summed E-state index contributed by atoms with van der Waals surface area (Å²) >= 11 is 6.28. The van der Waals surface area contributed by atoms with Crippen molar-refractivity contribution in [2.24, 2.45) is 0 Å². The lowest BCUT2D eigenvalue weighted by Gasteiger charge is -2.31. The molecule has 0 aliphatic carbocycles. The molecule has 3 rings (SSSR count). The van der Waals surface area contributed by atoms with Gasteiger partial charge in [0.15, 0.2) is 6.61 Å². The van der Waals surface area contributed by atoms with Crippen molar-refractivity contribution in [3.63, 3.8) is 0 Å². The Kier molecular flexibility index (Phi) is 3.72. The van der Waals surface area contributed by atoms with Crippen molar-refractivity contribution in [1.29, 1.82) is 0 Å². The molecule has 0 bridgehead atoms. The van der Waals surface area contributed by atoms with Crippen molar-refractivity contribution in [3.8, 4) is 5.75 Å². The van der Waals surface area contributed by atoms with E-state index in [1.54, 1.807) is 6.07 Å². The first kappa shape index (κ1) is 13.5.